The van der Waals surface area contributed by atoms with Crippen LogP contribution in [0.15, 0.2) is 54.6 Å². The van der Waals surface area contributed by atoms with E-state index in [0.29, 0.717) is 42.0 Å². The summed E-state index contributed by atoms with van der Waals surface area (Å²) in [4.78, 5) is 38.5. The monoisotopic (exact) mass is 713 g/mol. The maximum atomic E-state index is 12.9. The second-order valence-electron chi connectivity index (χ2n) is 16.2. The number of ketones is 2. The molecule has 4 saturated carbocycles. The highest BCUT2D eigenvalue weighted by Gasteiger charge is 2.61. The molecule has 4 bridgehead atoms. The van der Waals surface area contributed by atoms with Gasteiger partial charge >= 0.3 is 0 Å². The minimum absolute atomic E-state index is 0.0459. The van der Waals surface area contributed by atoms with E-state index in [4.69, 9.17) is 0 Å². The highest BCUT2D eigenvalue weighted by molar-refractivity contribution is 5.97. The van der Waals surface area contributed by atoms with Gasteiger partial charge in [-0.3, -0.25) is 14.4 Å². The third-order valence-corrected chi connectivity index (χ3v) is 12.1. The zero-order valence-corrected chi connectivity index (χ0v) is 29.7. The molecule has 10 nitrogen and oxygen atoms in total. The van der Waals surface area contributed by atoms with Gasteiger partial charge in [0.1, 0.15) is 0 Å². The fraction of sp³-hybridized carbons (Fsp3) is 0.500. The Labute approximate surface area is 304 Å². The third-order valence-electron chi connectivity index (χ3n) is 12.1. The Hall–Kier alpha value is -4.73. The van der Waals surface area contributed by atoms with Crippen LogP contribution in [0, 0.1) is 22.2 Å². The minimum Gasteiger partial charge on any atom is -0.504 e. The van der Waals surface area contributed by atoms with Crippen molar-refractivity contribution in [3.05, 3.63) is 71.3 Å². The smallest absolute Gasteiger partial charge is 0.251 e. The third kappa shape index (κ3) is 8.32. The number of hydrogen-bond acceptors (Lipinski definition) is 9. The molecule has 3 aromatic carbocycles. The number of carbonyl (C=O) groups excluding carboxylic acids is 3. The average molecular weight is 714 g/mol. The van der Waals surface area contributed by atoms with E-state index in [0.717, 1.165) is 70.6 Å². The first-order valence-corrected chi connectivity index (χ1v) is 18.7. The van der Waals surface area contributed by atoms with Crippen molar-refractivity contribution >= 4 is 17.5 Å². The molecule has 0 heterocycles. The van der Waals surface area contributed by atoms with Crippen LogP contribution in [0.2, 0.25) is 0 Å². The molecule has 10 heteroatoms. The number of amides is 1. The van der Waals surface area contributed by atoms with Crippen LogP contribution in [0.1, 0.15) is 134 Å². The van der Waals surface area contributed by atoms with Gasteiger partial charge in [-0.05, 0) is 154 Å². The molecule has 278 valence electrons. The van der Waals surface area contributed by atoms with E-state index in [-0.39, 0.29) is 68.2 Å². The lowest BCUT2D eigenvalue weighted by Gasteiger charge is -2.67. The highest BCUT2D eigenvalue weighted by atomic mass is 16.3. The van der Waals surface area contributed by atoms with Crippen molar-refractivity contribution in [2.45, 2.75) is 103 Å². The molecule has 4 aliphatic carbocycles. The summed E-state index contributed by atoms with van der Waals surface area (Å²) in [6, 6.07) is 12.5. The number of phenols is 6. The van der Waals surface area contributed by atoms with E-state index in [1.807, 2.05) is 0 Å². The molecule has 2 atom stereocenters. The molecule has 4 aliphatic rings. The van der Waals surface area contributed by atoms with Crippen LogP contribution in [-0.4, -0.2) is 54.7 Å². The SMILES string of the molecule is O=C(CCCCC12CC3CC(CCCCC(=O)c4ccc(O)c(O)c4)(C1)CC(CCCNC(=O)c1ccc(O)c(O)c1)(C3)C2)c1ccc(O)c(O)c1. The summed E-state index contributed by atoms with van der Waals surface area (Å²) in [6.07, 6.45) is 15.0. The van der Waals surface area contributed by atoms with Crippen LogP contribution in [0.25, 0.3) is 0 Å². The number of phenolic OH excluding ortho intramolecular Hbond substituents is 6. The van der Waals surface area contributed by atoms with Crippen LogP contribution in [0.3, 0.4) is 0 Å². The first-order valence-electron chi connectivity index (χ1n) is 18.7. The van der Waals surface area contributed by atoms with Crippen molar-refractivity contribution in [2.24, 2.45) is 22.2 Å². The van der Waals surface area contributed by atoms with Gasteiger partial charge in [0.25, 0.3) is 5.91 Å². The lowest BCUT2D eigenvalue weighted by Crippen LogP contribution is -2.57. The first kappa shape index (κ1) is 37.0. The molecule has 0 spiro atoms. The van der Waals surface area contributed by atoms with Gasteiger partial charge in [0, 0.05) is 36.1 Å². The summed E-state index contributed by atoms with van der Waals surface area (Å²) in [6.45, 7) is 0.511. The molecule has 0 aliphatic heterocycles. The molecule has 52 heavy (non-hydrogen) atoms. The standard InChI is InChI=1S/C42H51NO9/c44-31(28-8-11-33(46)36(49)18-28)6-1-3-14-40-21-27-22-41(24-40,15-4-2-7-32(45)29-9-12-34(47)37(50)19-29)26-42(23-27,25-40)16-5-17-43-39(52)30-10-13-35(48)38(51)20-30/h8-13,18-20,27,46-51H,1-7,14-17,21-26H2,(H,43,52). The lowest BCUT2D eigenvalue weighted by atomic mass is 9.37. The summed E-state index contributed by atoms with van der Waals surface area (Å²) in [5.74, 6) is -1.44. The Morgan fingerprint density at radius 1 is 0.519 bits per heavy atom. The average Bonchev–Trinajstić information content (AvgIpc) is 3.09. The van der Waals surface area contributed by atoms with Gasteiger partial charge in [-0.2, -0.15) is 0 Å². The van der Waals surface area contributed by atoms with Gasteiger partial charge in [-0.15, -0.1) is 0 Å². The van der Waals surface area contributed by atoms with Crippen molar-refractivity contribution in [2.75, 3.05) is 6.54 Å². The van der Waals surface area contributed by atoms with Gasteiger partial charge in [-0.25, -0.2) is 0 Å². The van der Waals surface area contributed by atoms with Gasteiger partial charge in [-0.1, -0.05) is 12.8 Å². The number of hydrogen-bond donors (Lipinski definition) is 7. The van der Waals surface area contributed by atoms with Crippen LogP contribution < -0.4 is 5.32 Å². The Morgan fingerprint density at radius 3 is 1.33 bits per heavy atom. The van der Waals surface area contributed by atoms with E-state index in [2.05, 4.69) is 5.32 Å². The molecule has 0 radical (unpaired) electrons. The van der Waals surface area contributed by atoms with Crippen LogP contribution >= 0.6 is 0 Å². The Kier molecular flexibility index (Phi) is 10.7. The molecule has 4 fully saturated rings. The van der Waals surface area contributed by atoms with Crippen LogP contribution in [0.5, 0.6) is 34.5 Å². The molecular formula is C42H51NO9. The number of Topliss-reactive ketones (excluding diaryl/α,β-unsaturated/α-hetero) is 2. The number of aromatic hydroxyl groups is 6. The fourth-order valence-corrected chi connectivity index (χ4v) is 10.6. The molecule has 1 amide bonds. The van der Waals surface area contributed by atoms with Crippen LogP contribution in [-0.2, 0) is 0 Å². The zero-order valence-electron chi connectivity index (χ0n) is 29.7. The Morgan fingerprint density at radius 2 is 0.904 bits per heavy atom. The molecular weight excluding hydrogens is 662 g/mol. The maximum Gasteiger partial charge on any atom is 0.251 e. The lowest BCUT2D eigenvalue weighted by molar-refractivity contribution is -0.168. The van der Waals surface area contributed by atoms with E-state index < -0.39 is 0 Å². The van der Waals surface area contributed by atoms with E-state index >= 15 is 0 Å². The topological polar surface area (TPSA) is 185 Å². The Bertz CT molecular complexity index is 1600. The van der Waals surface area contributed by atoms with Gasteiger partial charge in [0.2, 0.25) is 0 Å². The van der Waals surface area contributed by atoms with Gasteiger partial charge < -0.3 is 36.0 Å². The molecule has 0 saturated heterocycles. The molecule has 2 unspecified atom stereocenters. The largest absolute Gasteiger partial charge is 0.504 e. The summed E-state index contributed by atoms with van der Waals surface area (Å²) in [7, 11) is 0. The predicted octanol–water partition coefficient (Wildman–Crippen LogP) is 8.27. The van der Waals surface area contributed by atoms with Gasteiger partial charge in [0.05, 0.1) is 0 Å². The second kappa shape index (κ2) is 15.1. The number of rotatable bonds is 17. The predicted molar refractivity (Wildman–Crippen MR) is 195 cm³/mol. The van der Waals surface area contributed by atoms with Crippen molar-refractivity contribution in [3.63, 3.8) is 0 Å². The summed E-state index contributed by atoms with van der Waals surface area (Å²) < 4.78 is 0. The van der Waals surface area contributed by atoms with E-state index in [1.165, 1.54) is 61.7 Å². The minimum atomic E-state index is -0.329. The highest BCUT2D eigenvalue weighted by Crippen LogP contribution is 2.73. The van der Waals surface area contributed by atoms with Crippen LogP contribution in [0.4, 0.5) is 0 Å². The number of benzene rings is 3. The number of unbranched alkanes of at least 4 members (excludes halogenated alkanes) is 2. The van der Waals surface area contributed by atoms with Crippen molar-refractivity contribution in [1.29, 1.82) is 0 Å². The number of carbonyl (C=O) groups is 3. The van der Waals surface area contributed by atoms with Crippen molar-refractivity contribution in [3.8, 4) is 34.5 Å². The Balaban J connectivity index is 1.08. The fourth-order valence-electron chi connectivity index (χ4n) is 10.6. The quantitative estimate of drug-likeness (QED) is 0.0411. The summed E-state index contributed by atoms with van der Waals surface area (Å²) in [5, 5.41) is 61.3. The maximum absolute atomic E-state index is 12.9. The number of nitrogens with one attached hydrogen (secondary N) is 1. The summed E-state index contributed by atoms with van der Waals surface area (Å²) >= 11 is 0. The van der Waals surface area contributed by atoms with Gasteiger partial charge in [0.15, 0.2) is 46.1 Å². The zero-order chi connectivity index (χ0) is 37.1. The molecule has 7 rings (SSSR count). The molecule has 3 aromatic rings. The summed E-state index contributed by atoms with van der Waals surface area (Å²) in [5.41, 5.74) is 1.64. The normalized spacial score (nSPS) is 24.5. The van der Waals surface area contributed by atoms with Crippen molar-refractivity contribution < 1.29 is 45.0 Å². The molecule has 0 aromatic heterocycles. The molecule has 7 N–H and O–H groups in total. The van der Waals surface area contributed by atoms with E-state index in [9.17, 15) is 45.0 Å². The first-order chi connectivity index (χ1) is 24.8. The second-order valence-corrected chi connectivity index (χ2v) is 16.2. The van der Waals surface area contributed by atoms with Crippen molar-refractivity contribution in [1.82, 2.24) is 5.32 Å². The van der Waals surface area contributed by atoms with E-state index in [1.54, 1.807) is 12.1 Å².